The summed E-state index contributed by atoms with van der Waals surface area (Å²) in [6.45, 7) is 2.21. The molecule has 0 aliphatic heterocycles. The monoisotopic (exact) mass is 323 g/mol. The summed E-state index contributed by atoms with van der Waals surface area (Å²) in [5.74, 6) is 0.123. The molecule has 2 aromatic carbocycles. The summed E-state index contributed by atoms with van der Waals surface area (Å²) in [5.41, 5.74) is 1.80. The highest BCUT2D eigenvalue weighted by Crippen LogP contribution is 2.22. The van der Waals surface area contributed by atoms with E-state index in [0.717, 1.165) is 10.9 Å². The minimum atomic E-state index is -0.432. The lowest BCUT2D eigenvalue weighted by molar-refractivity contribution is 0.0920. The van der Waals surface area contributed by atoms with E-state index in [4.69, 9.17) is 4.42 Å². The average molecular weight is 323 g/mol. The molecule has 4 heteroatoms. The van der Waals surface area contributed by atoms with Gasteiger partial charge < -0.3 is 14.8 Å². The first-order chi connectivity index (χ1) is 11.6. The molecule has 1 heterocycles. The normalized spacial score (nSPS) is 13.6. The standard InChI is InChI=1S/C20H21NO3/c1-14(22)11-17(15-7-3-2-4-8-15)13-21-20(23)19-12-16-9-5-6-10-18(16)24-19/h2-10,12,14,17,22H,11,13H2,1H3,(H,21,23). The molecule has 24 heavy (non-hydrogen) atoms. The number of benzene rings is 2. The van der Waals surface area contributed by atoms with Crippen LogP contribution in [-0.4, -0.2) is 23.7 Å². The van der Waals surface area contributed by atoms with Gasteiger partial charge in [0.15, 0.2) is 5.76 Å². The lowest BCUT2D eigenvalue weighted by Gasteiger charge is -2.19. The van der Waals surface area contributed by atoms with Crippen molar-refractivity contribution in [2.24, 2.45) is 0 Å². The molecule has 0 saturated heterocycles. The fraction of sp³-hybridized carbons (Fsp3) is 0.250. The number of fused-ring (bicyclic) bond motifs is 1. The smallest absolute Gasteiger partial charge is 0.287 e. The lowest BCUT2D eigenvalue weighted by atomic mass is 9.93. The van der Waals surface area contributed by atoms with Gasteiger partial charge in [0.05, 0.1) is 6.10 Å². The van der Waals surface area contributed by atoms with Gasteiger partial charge in [0.1, 0.15) is 5.58 Å². The molecular formula is C20H21NO3. The Morgan fingerprint density at radius 2 is 1.83 bits per heavy atom. The predicted octanol–water partition coefficient (Wildman–Crippen LogP) is 3.72. The van der Waals surface area contributed by atoms with Gasteiger partial charge in [-0.1, -0.05) is 48.5 Å². The minimum Gasteiger partial charge on any atom is -0.451 e. The molecule has 1 aromatic heterocycles. The number of para-hydroxylation sites is 1. The molecule has 0 radical (unpaired) electrons. The molecule has 0 aliphatic carbocycles. The summed E-state index contributed by atoms with van der Waals surface area (Å²) >= 11 is 0. The van der Waals surface area contributed by atoms with Crippen molar-refractivity contribution < 1.29 is 14.3 Å². The third-order valence-electron chi connectivity index (χ3n) is 4.05. The van der Waals surface area contributed by atoms with Gasteiger partial charge in [0, 0.05) is 17.8 Å². The van der Waals surface area contributed by atoms with Crippen LogP contribution in [0.2, 0.25) is 0 Å². The Morgan fingerprint density at radius 3 is 2.54 bits per heavy atom. The Bertz CT molecular complexity index is 775. The van der Waals surface area contributed by atoms with Crippen LogP contribution in [0.3, 0.4) is 0 Å². The number of carbonyl (C=O) groups is 1. The largest absolute Gasteiger partial charge is 0.451 e. The molecule has 0 spiro atoms. The number of rotatable bonds is 6. The first-order valence-corrected chi connectivity index (χ1v) is 8.13. The Morgan fingerprint density at radius 1 is 1.12 bits per heavy atom. The van der Waals surface area contributed by atoms with Gasteiger partial charge in [-0.05, 0) is 31.0 Å². The van der Waals surface area contributed by atoms with E-state index in [1.54, 1.807) is 13.0 Å². The van der Waals surface area contributed by atoms with E-state index in [-0.39, 0.29) is 11.8 Å². The molecule has 2 atom stereocenters. The highest BCUT2D eigenvalue weighted by Gasteiger charge is 2.17. The van der Waals surface area contributed by atoms with Gasteiger partial charge in [-0.2, -0.15) is 0 Å². The Balaban J connectivity index is 1.70. The molecule has 2 N–H and O–H groups in total. The number of nitrogens with one attached hydrogen (secondary N) is 1. The second kappa shape index (κ2) is 7.32. The van der Waals surface area contributed by atoms with E-state index < -0.39 is 6.10 Å². The van der Waals surface area contributed by atoms with Crippen LogP contribution in [0, 0.1) is 0 Å². The number of aliphatic hydroxyl groups is 1. The zero-order valence-corrected chi connectivity index (χ0v) is 13.6. The van der Waals surface area contributed by atoms with Crippen molar-refractivity contribution in [3.05, 3.63) is 72.0 Å². The summed E-state index contributed by atoms with van der Waals surface area (Å²) in [6.07, 6.45) is 0.156. The second-order valence-electron chi connectivity index (χ2n) is 6.05. The maximum absolute atomic E-state index is 12.4. The summed E-state index contributed by atoms with van der Waals surface area (Å²) in [7, 11) is 0. The molecule has 0 aliphatic rings. The molecular weight excluding hydrogens is 302 g/mol. The molecule has 0 saturated carbocycles. The van der Waals surface area contributed by atoms with Gasteiger partial charge in [-0.15, -0.1) is 0 Å². The number of furan rings is 1. The molecule has 124 valence electrons. The highest BCUT2D eigenvalue weighted by molar-refractivity contribution is 5.96. The van der Waals surface area contributed by atoms with E-state index in [1.807, 2.05) is 54.6 Å². The van der Waals surface area contributed by atoms with Crippen molar-refractivity contribution in [1.29, 1.82) is 0 Å². The molecule has 0 bridgehead atoms. The second-order valence-corrected chi connectivity index (χ2v) is 6.05. The van der Waals surface area contributed by atoms with Crippen LogP contribution in [0.4, 0.5) is 0 Å². The van der Waals surface area contributed by atoms with Gasteiger partial charge in [0.2, 0.25) is 0 Å². The van der Waals surface area contributed by atoms with Crippen molar-refractivity contribution in [3.8, 4) is 0 Å². The van der Waals surface area contributed by atoms with Crippen LogP contribution in [0.25, 0.3) is 11.0 Å². The topological polar surface area (TPSA) is 62.5 Å². The summed E-state index contributed by atoms with van der Waals surface area (Å²) < 4.78 is 5.59. The van der Waals surface area contributed by atoms with E-state index >= 15 is 0 Å². The maximum atomic E-state index is 12.4. The van der Waals surface area contributed by atoms with Crippen LogP contribution in [0.1, 0.15) is 35.4 Å². The SMILES string of the molecule is CC(O)CC(CNC(=O)c1cc2ccccc2o1)c1ccccc1. The van der Waals surface area contributed by atoms with Crippen LogP contribution in [0.15, 0.2) is 65.1 Å². The Labute approximate surface area is 141 Å². The molecule has 3 rings (SSSR count). The van der Waals surface area contributed by atoms with Crippen LogP contribution in [-0.2, 0) is 0 Å². The summed E-state index contributed by atoms with van der Waals surface area (Å²) in [4.78, 5) is 12.4. The third-order valence-corrected chi connectivity index (χ3v) is 4.05. The van der Waals surface area contributed by atoms with Crippen LogP contribution >= 0.6 is 0 Å². The average Bonchev–Trinajstić information content (AvgIpc) is 3.03. The number of carbonyl (C=O) groups excluding carboxylic acids is 1. The number of hydrogen-bond donors (Lipinski definition) is 2. The molecule has 2 unspecified atom stereocenters. The number of aliphatic hydroxyl groups excluding tert-OH is 1. The predicted molar refractivity (Wildman–Crippen MR) is 94.0 cm³/mol. The minimum absolute atomic E-state index is 0.0551. The van der Waals surface area contributed by atoms with Crippen molar-refractivity contribution >= 4 is 16.9 Å². The highest BCUT2D eigenvalue weighted by atomic mass is 16.3. The summed E-state index contributed by atoms with van der Waals surface area (Å²) in [5, 5.41) is 13.6. The molecule has 4 nitrogen and oxygen atoms in total. The van der Waals surface area contributed by atoms with Gasteiger partial charge in [-0.3, -0.25) is 4.79 Å². The van der Waals surface area contributed by atoms with Crippen LogP contribution in [0.5, 0.6) is 0 Å². The van der Waals surface area contributed by atoms with Crippen LogP contribution < -0.4 is 5.32 Å². The fourth-order valence-electron chi connectivity index (χ4n) is 2.87. The first-order valence-electron chi connectivity index (χ1n) is 8.13. The van der Waals surface area contributed by atoms with Gasteiger partial charge in [-0.25, -0.2) is 0 Å². The number of amides is 1. The number of hydrogen-bond acceptors (Lipinski definition) is 3. The third kappa shape index (κ3) is 3.84. The van der Waals surface area contributed by atoms with E-state index in [1.165, 1.54) is 0 Å². The zero-order chi connectivity index (χ0) is 16.9. The maximum Gasteiger partial charge on any atom is 0.287 e. The van der Waals surface area contributed by atoms with Gasteiger partial charge >= 0.3 is 0 Å². The van der Waals surface area contributed by atoms with E-state index in [0.29, 0.717) is 24.3 Å². The van der Waals surface area contributed by atoms with Crippen molar-refractivity contribution in [1.82, 2.24) is 5.32 Å². The molecule has 0 fully saturated rings. The lowest BCUT2D eigenvalue weighted by Crippen LogP contribution is -2.29. The van der Waals surface area contributed by atoms with E-state index in [2.05, 4.69) is 5.32 Å². The van der Waals surface area contributed by atoms with Crippen molar-refractivity contribution in [2.75, 3.05) is 6.54 Å². The zero-order valence-electron chi connectivity index (χ0n) is 13.6. The summed E-state index contributed by atoms with van der Waals surface area (Å²) in [6, 6.07) is 19.2. The Kier molecular flexibility index (Phi) is 4.96. The van der Waals surface area contributed by atoms with Crippen molar-refractivity contribution in [2.45, 2.75) is 25.4 Å². The first kappa shape index (κ1) is 16.3. The van der Waals surface area contributed by atoms with Crippen molar-refractivity contribution in [3.63, 3.8) is 0 Å². The molecule has 3 aromatic rings. The van der Waals surface area contributed by atoms with Gasteiger partial charge in [0.25, 0.3) is 5.91 Å². The quantitative estimate of drug-likeness (QED) is 0.727. The fourth-order valence-corrected chi connectivity index (χ4v) is 2.87. The molecule has 1 amide bonds. The Hall–Kier alpha value is -2.59. The van der Waals surface area contributed by atoms with E-state index in [9.17, 15) is 9.90 Å².